The van der Waals surface area contributed by atoms with Gasteiger partial charge in [-0.2, -0.15) is 0 Å². The minimum absolute atomic E-state index is 0.171. The molecule has 0 spiro atoms. The predicted molar refractivity (Wildman–Crippen MR) is 107 cm³/mol. The fourth-order valence-corrected chi connectivity index (χ4v) is 3.72. The lowest BCUT2D eigenvalue weighted by Gasteiger charge is -2.16. The van der Waals surface area contributed by atoms with Gasteiger partial charge in [0.1, 0.15) is 0 Å². The second-order valence-corrected chi connectivity index (χ2v) is 7.14. The second-order valence-electron chi connectivity index (χ2n) is 7.14. The largest absolute Gasteiger partial charge is 0.352 e. The number of imide groups is 1. The molecule has 1 saturated heterocycles. The summed E-state index contributed by atoms with van der Waals surface area (Å²) < 4.78 is 0. The summed E-state index contributed by atoms with van der Waals surface area (Å²) in [6, 6.07) is 13.1. The van der Waals surface area contributed by atoms with Gasteiger partial charge < -0.3 is 10.2 Å². The fourth-order valence-electron chi connectivity index (χ4n) is 3.72. The van der Waals surface area contributed by atoms with E-state index in [-0.39, 0.29) is 11.8 Å². The highest BCUT2D eigenvalue weighted by atomic mass is 16.2. The van der Waals surface area contributed by atoms with Crippen LogP contribution in [0.15, 0.2) is 48.5 Å². The highest BCUT2D eigenvalue weighted by molar-refractivity contribution is 6.34. The monoisotopic (exact) mass is 391 g/mol. The van der Waals surface area contributed by atoms with Crippen LogP contribution in [0.4, 0.5) is 5.69 Å². The molecule has 29 heavy (non-hydrogen) atoms. The Hall–Kier alpha value is -3.48. The van der Waals surface area contributed by atoms with Crippen molar-refractivity contribution in [2.45, 2.75) is 19.3 Å². The molecule has 0 aliphatic carbocycles. The predicted octanol–water partition coefficient (Wildman–Crippen LogP) is 2.23. The van der Waals surface area contributed by atoms with Gasteiger partial charge in [-0.1, -0.05) is 18.2 Å². The molecule has 0 atom stereocenters. The number of fused-ring (bicyclic) bond motifs is 1. The maximum absolute atomic E-state index is 12.6. The summed E-state index contributed by atoms with van der Waals surface area (Å²) in [6.45, 7) is 1.86. The number of hydrogen-bond acceptors (Lipinski definition) is 4. The van der Waals surface area contributed by atoms with Crippen LogP contribution >= 0.6 is 0 Å². The minimum atomic E-state index is -0.390. The molecule has 2 heterocycles. The van der Waals surface area contributed by atoms with Crippen molar-refractivity contribution in [1.82, 2.24) is 10.2 Å². The van der Waals surface area contributed by atoms with Crippen LogP contribution < -0.4 is 10.2 Å². The Morgan fingerprint density at radius 2 is 1.69 bits per heavy atom. The second kappa shape index (κ2) is 7.87. The number of anilines is 1. The summed E-state index contributed by atoms with van der Waals surface area (Å²) in [5, 5.41) is 2.83. The Balaban J connectivity index is 1.40. The van der Waals surface area contributed by atoms with Crippen molar-refractivity contribution < 1.29 is 19.2 Å². The zero-order valence-corrected chi connectivity index (χ0v) is 15.9. The number of rotatable bonds is 6. The first-order valence-electron chi connectivity index (χ1n) is 9.70. The maximum Gasteiger partial charge on any atom is 0.266 e. The van der Waals surface area contributed by atoms with E-state index < -0.39 is 11.8 Å². The van der Waals surface area contributed by atoms with Gasteiger partial charge in [0.15, 0.2) is 0 Å². The van der Waals surface area contributed by atoms with Gasteiger partial charge >= 0.3 is 0 Å². The zero-order valence-electron chi connectivity index (χ0n) is 15.9. The molecular weight excluding hydrogens is 370 g/mol. The number of benzene rings is 2. The number of nitrogens with one attached hydrogen (secondary N) is 1. The van der Waals surface area contributed by atoms with E-state index in [1.807, 2.05) is 4.90 Å². The maximum atomic E-state index is 12.6. The van der Waals surface area contributed by atoms with Gasteiger partial charge in [-0.3, -0.25) is 19.2 Å². The van der Waals surface area contributed by atoms with Crippen molar-refractivity contribution in [2.24, 2.45) is 0 Å². The Bertz CT molecular complexity index is 966. The van der Waals surface area contributed by atoms with E-state index in [0.29, 0.717) is 48.3 Å². The standard InChI is InChI=1S/C22H21N3O4/c26-19-10-4-12-24(19)13-5-11-23-20(27)15-6-3-7-16(14-15)25-21(28)17-8-1-2-9-18(17)22(25)29/h1-3,6-9,14H,4-5,10-13H2,(H,23,27). The van der Waals surface area contributed by atoms with Crippen LogP contribution in [0, 0.1) is 0 Å². The summed E-state index contributed by atoms with van der Waals surface area (Å²) in [5.74, 6) is -0.891. The molecular formula is C22H21N3O4. The smallest absolute Gasteiger partial charge is 0.266 e. The van der Waals surface area contributed by atoms with Crippen LogP contribution in [-0.2, 0) is 4.79 Å². The van der Waals surface area contributed by atoms with E-state index in [4.69, 9.17) is 0 Å². The number of carbonyl (C=O) groups excluding carboxylic acids is 4. The molecule has 2 aliphatic rings. The molecule has 0 saturated carbocycles. The van der Waals surface area contributed by atoms with Gasteiger partial charge in [-0.25, -0.2) is 4.90 Å². The summed E-state index contributed by atoms with van der Waals surface area (Å²) in [6.07, 6.45) is 2.18. The molecule has 148 valence electrons. The molecule has 2 aliphatic heterocycles. The van der Waals surface area contributed by atoms with Gasteiger partial charge in [0.05, 0.1) is 16.8 Å². The highest BCUT2D eigenvalue weighted by Gasteiger charge is 2.36. The molecule has 2 aromatic rings. The SMILES string of the molecule is O=C(NCCCN1CCCC1=O)c1cccc(N2C(=O)c3ccccc3C2=O)c1. The Morgan fingerprint density at radius 3 is 2.34 bits per heavy atom. The molecule has 2 aromatic carbocycles. The lowest BCUT2D eigenvalue weighted by atomic mass is 10.1. The number of nitrogens with zero attached hydrogens (tertiary/aromatic N) is 2. The van der Waals surface area contributed by atoms with E-state index in [9.17, 15) is 19.2 Å². The zero-order chi connectivity index (χ0) is 20.4. The molecule has 0 unspecified atom stereocenters. The molecule has 0 bridgehead atoms. The molecule has 0 aromatic heterocycles. The molecule has 1 N–H and O–H groups in total. The van der Waals surface area contributed by atoms with E-state index in [1.54, 1.807) is 48.5 Å². The molecule has 7 heteroatoms. The lowest BCUT2D eigenvalue weighted by molar-refractivity contribution is -0.127. The number of amides is 4. The Morgan fingerprint density at radius 1 is 0.966 bits per heavy atom. The number of likely N-dealkylation sites (tertiary alicyclic amines) is 1. The van der Waals surface area contributed by atoms with Crippen LogP contribution in [0.25, 0.3) is 0 Å². The van der Waals surface area contributed by atoms with Crippen molar-refractivity contribution in [3.05, 3.63) is 65.2 Å². The van der Waals surface area contributed by atoms with E-state index in [2.05, 4.69) is 5.32 Å². The van der Waals surface area contributed by atoms with Gasteiger partial charge in [-0.05, 0) is 43.2 Å². The summed E-state index contributed by atoms with van der Waals surface area (Å²) in [5.41, 5.74) is 1.47. The van der Waals surface area contributed by atoms with E-state index >= 15 is 0 Å². The average molecular weight is 391 g/mol. The first-order chi connectivity index (χ1) is 14.1. The Kier molecular flexibility index (Phi) is 5.12. The molecule has 4 rings (SSSR count). The third-order valence-electron chi connectivity index (χ3n) is 5.22. The average Bonchev–Trinajstić information content (AvgIpc) is 3.26. The van der Waals surface area contributed by atoms with Crippen molar-refractivity contribution in [1.29, 1.82) is 0 Å². The van der Waals surface area contributed by atoms with Crippen molar-refractivity contribution >= 4 is 29.3 Å². The van der Waals surface area contributed by atoms with Crippen LogP contribution in [0.1, 0.15) is 50.3 Å². The van der Waals surface area contributed by atoms with Crippen molar-refractivity contribution in [2.75, 3.05) is 24.5 Å². The molecule has 4 amide bonds. The van der Waals surface area contributed by atoms with Gasteiger partial charge in [-0.15, -0.1) is 0 Å². The van der Waals surface area contributed by atoms with E-state index in [0.717, 1.165) is 17.9 Å². The van der Waals surface area contributed by atoms with Crippen LogP contribution in [-0.4, -0.2) is 48.2 Å². The first-order valence-corrected chi connectivity index (χ1v) is 9.70. The normalized spacial score (nSPS) is 15.8. The van der Waals surface area contributed by atoms with Crippen molar-refractivity contribution in [3.8, 4) is 0 Å². The minimum Gasteiger partial charge on any atom is -0.352 e. The third kappa shape index (κ3) is 3.63. The summed E-state index contributed by atoms with van der Waals surface area (Å²) >= 11 is 0. The third-order valence-corrected chi connectivity index (χ3v) is 5.22. The van der Waals surface area contributed by atoms with Gasteiger partial charge in [0, 0.05) is 31.6 Å². The van der Waals surface area contributed by atoms with E-state index in [1.165, 1.54) is 0 Å². The first kappa shape index (κ1) is 18.9. The molecule has 0 radical (unpaired) electrons. The van der Waals surface area contributed by atoms with Crippen LogP contribution in [0.3, 0.4) is 0 Å². The highest BCUT2D eigenvalue weighted by Crippen LogP contribution is 2.28. The quantitative estimate of drug-likeness (QED) is 0.604. The summed E-state index contributed by atoms with van der Waals surface area (Å²) in [4.78, 5) is 52.2. The number of hydrogen-bond donors (Lipinski definition) is 1. The molecule has 1 fully saturated rings. The van der Waals surface area contributed by atoms with Crippen LogP contribution in [0.2, 0.25) is 0 Å². The van der Waals surface area contributed by atoms with Gasteiger partial charge in [0.2, 0.25) is 5.91 Å². The topological polar surface area (TPSA) is 86.8 Å². The lowest BCUT2D eigenvalue weighted by Crippen LogP contribution is -2.31. The summed E-state index contributed by atoms with van der Waals surface area (Å²) in [7, 11) is 0. The Labute approximate surface area is 168 Å². The number of carbonyl (C=O) groups is 4. The molecule has 7 nitrogen and oxygen atoms in total. The van der Waals surface area contributed by atoms with Gasteiger partial charge in [0.25, 0.3) is 17.7 Å². The van der Waals surface area contributed by atoms with Crippen LogP contribution in [0.5, 0.6) is 0 Å². The van der Waals surface area contributed by atoms with Crippen molar-refractivity contribution in [3.63, 3.8) is 0 Å². The fraction of sp³-hybridized carbons (Fsp3) is 0.273.